The number of hydrogen-bond acceptors (Lipinski definition) is 4. The Morgan fingerprint density at radius 2 is 2.06 bits per heavy atom. The fraction of sp³-hybridized carbons (Fsp3) is 0.583. The normalized spacial score (nSPS) is 12.4. The first kappa shape index (κ1) is 14.9. The molecule has 0 amide bonds. The monoisotopic (exact) mass is 271 g/mol. The van der Waals surface area contributed by atoms with Crippen molar-refractivity contribution in [1.29, 1.82) is 0 Å². The quantitative estimate of drug-likeness (QED) is 0.830. The Hall–Kier alpha value is -1.14. The van der Waals surface area contributed by atoms with E-state index in [4.69, 9.17) is 0 Å². The molecule has 6 heteroatoms. The Bertz CT molecular complexity index is 498. The van der Waals surface area contributed by atoms with Crippen LogP contribution in [0.4, 0.5) is 5.69 Å². The third-order valence-corrected chi connectivity index (χ3v) is 4.35. The van der Waals surface area contributed by atoms with Gasteiger partial charge in [-0.2, -0.15) is 0 Å². The molecule has 0 saturated carbocycles. The lowest BCUT2D eigenvalue weighted by Gasteiger charge is -2.25. The summed E-state index contributed by atoms with van der Waals surface area (Å²) in [6.45, 7) is 5.78. The lowest BCUT2D eigenvalue weighted by atomic mass is 10.0. The van der Waals surface area contributed by atoms with Crippen molar-refractivity contribution < 1.29 is 8.42 Å². The van der Waals surface area contributed by atoms with Gasteiger partial charge in [-0.3, -0.25) is 4.98 Å². The van der Waals surface area contributed by atoms with E-state index in [2.05, 4.69) is 15.0 Å². The van der Waals surface area contributed by atoms with Crippen LogP contribution in [0.1, 0.15) is 33.6 Å². The molecule has 0 unspecified atom stereocenters. The Morgan fingerprint density at radius 1 is 1.39 bits per heavy atom. The summed E-state index contributed by atoms with van der Waals surface area (Å²) in [6.07, 6.45) is 4.61. The maximum atomic E-state index is 12.3. The molecule has 1 heterocycles. The van der Waals surface area contributed by atoms with Crippen LogP contribution in [-0.2, 0) is 10.0 Å². The summed E-state index contributed by atoms with van der Waals surface area (Å²) in [7, 11) is -1.87. The van der Waals surface area contributed by atoms with Crippen LogP contribution in [0.15, 0.2) is 23.4 Å². The molecule has 102 valence electrons. The van der Waals surface area contributed by atoms with E-state index in [1.165, 1.54) is 6.20 Å². The van der Waals surface area contributed by atoms with Gasteiger partial charge in [0.2, 0.25) is 10.0 Å². The zero-order chi connectivity index (χ0) is 13.8. The molecule has 0 bridgehead atoms. The Balaban J connectivity index is 3.07. The minimum Gasteiger partial charge on any atom is -0.387 e. The second kappa shape index (κ2) is 5.67. The molecule has 1 aromatic rings. The van der Waals surface area contributed by atoms with Crippen LogP contribution < -0.4 is 10.0 Å². The van der Waals surface area contributed by atoms with E-state index in [1.54, 1.807) is 19.3 Å². The van der Waals surface area contributed by atoms with Crippen LogP contribution in [-0.4, -0.2) is 26.0 Å². The van der Waals surface area contributed by atoms with Crippen LogP contribution in [0.2, 0.25) is 0 Å². The highest BCUT2D eigenvalue weighted by molar-refractivity contribution is 7.89. The van der Waals surface area contributed by atoms with Crippen LogP contribution >= 0.6 is 0 Å². The van der Waals surface area contributed by atoms with Gasteiger partial charge in [-0.15, -0.1) is 0 Å². The Morgan fingerprint density at radius 3 is 2.61 bits per heavy atom. The first-order valence-electron chi connectivity index (χ1n) is 5.98. The van der Waals surface area contributed by atoms with E-state index in [9.17, 15) is 8.42 Å². The average Bonchev–Trinajstić information content (AvgIpc) is 2.27. The molecule has 1 aromatic heterocycles. The zero-order valence-corrected chi connectivity index (χ0v) is 12.1. The molecule has 0 aliphatic rings. The maximum Gasteiger partial charge on any atom is 0.244 e. The number of anilines is 1. The molecule has 2 N–H and O–H groups in total. The summed E-state index contributed by atoms with van der Waals surface area (Å²) in [5.74, 6) is 0. The van der Waals surface area contributed by atoms with Crippen molar-refractivity contribution in [1.82, 2.24) is 9.71 Å². The second-order valence-electron chi connectivity index (χ2n) is 4.86. The topological polar surface area (TPSA) is 71.1 Å². The number of hydrogen-bond donors (Lipinski definition) is 2. The predicted octanol–water partition coefficient (Wildman–Crippen LogP) is 1.98. The van der Waals surface area contributed by atoms with Gasteiger partial charge in [0.1, 0.15) is 4.90 Å². The molecule has 0 fully saturated rings. The minimum absolute atomic E-state index is 0.177. The van der Waals surface area contributed by atoms with Crippen molar-refractivity contribution in [2.24, 2.45) is 0 Å². The maximum absolute atomic E-state index is 12.3. The Labute approximate surface area is 109 Å². The molecular formula is C12H21N3O2S. The van der Waals surface area contributed by atoms with Crippen molar-refractivity contribution >= 4 is 15.7 Å². The van der Waals surface area contributed by atoms with Crippen LogP contribution in [0.3, 0.4) is 0 Å². The number of sulfonamides is 1. The first-order chi connectivity index (χ1) is 8.32. The lowest BCUT2D eigenvalue weighted by molar-refractivity contribution is 0.418. The summed E-state index contributed by atoms with van der Waals surface area (Å²) in [5.41, 5.74) is 0.0823. The van der Waals surface area contributed by atoms with Crippen molar-refractivity contribution in [3.05, 3.63) is 18.5 Å². The SMILES string of the molecule is CCCC(C)(C)NS(=O)(=O)c1cnccc1NC. The summed E-state index contributed by atoms with van der Waals surface area (Å²) >= 11 is 0. The van der Waals surface area contributed by atoms with Crippen molar-refractivity contribution in [2.45, 2.75) is 44.0 Å². The summed E-state index contributed by atoms with van der Waals surface area (Å²) in [5, 5.41) is 2.86. The molecular weight excluding hydrogens is 250 g/mol. The van der Waals surface area contributed by atoms with E-state index in [-0.39, 0.29) is 4.90 Å². The predicted molar refractivity (Wildman–Crippen MR) is 73.1 cm³/mol. The van der Waals surface area contributed by atoms with Gasteiger partial charge in [-0.05, 0) is 26.3 Å². The van der Waals surface area contributed by atoms with Crippen molar-refractivity contribution in [3.8, 4) is 0 Å². The van der Waals surface area contributed by atoms with E-state index >= 15 is 0 Å². The third-order valence-electron chi connectivity index (χ3n) is 2.63. The van der Waals surface area contributed by atoms with Crippen molar-refractivity contribution in [3.63, 3.8) is 0 Å². The van der Waals surface area contributed by atoms with E-state index < -0.39 is 15.6 Å². The lowest BCUT2D eigenvalue weighted by Crippen LogP contribution is -2.43. The molecule has 0 saturated heterocycles. The van der Waals surface area contributed by atoms with Gasteiger partial charge in [-0.1, -0.05) is 13.3 Å². The van der Waals surface area contributed by atoms with Gasteiger partial charge in [0.15, 0.2) is 0 Å². The highest BCUT2D eigenvalue weighted by Crippen LogP contribution is 2.22. The van der Waals surface area contributed by atoms with Crippen LogP contribution in [0, 0.1) is 0 Å². The zero-order valence-electron chi connectivity index (χ0n) is 11.3. The van der Waals surface area contributed by atoms with Gasteiger partial charge >= 0.3 is 0 Å². The van der Waals surface area contributed by atoms with Gasteiger partial charge in [0, 0.05) is 25.0 Å². The molecule has 5 nitrogen and oxygen atoms in total. The van der Waals surface area contributed by atoms with Gasteiger partial charge in [-0.25, -0.2) is 13.1 Å². The molecule has 0 radical (unpaired) electrons. The second-order valence-corrected chi connectivity index (χ2v) is 6.51. The third kappa shape index (κ3) is 3.68. The molecule has 18 heavy (non-hydrogen) atoms. The van der Waals surface area contributed by atoms with Gasteiger partial charge in [0.05, 0.1) is 5.69 Å². The van der Waals surface area contributed by atoms with Crippen LogP contribution in [0.5, 0.6) is 0 Å². The first-order valence-corrected chi connectivity index (χ1v) is 7.46. The highest BCUT2D eigenvalue weighted by Gasteiger charge is 2.27. The fourth-order valence-electron chi connectivity index (χ4n) is 1.90. The van der Waals surface area contributed by atoms with E-state index in [0.717, 1.165) is 12.8 Å². The molecule has 0 aliphatic heterocycles. The number of nitrogens with one attached hydrogen (secondary N) is 2. The average molecular weight is 271 g/mol. The minimum atomic E-state index is -3.56. The molecule has 0 spiro atoms. The molecule has 0 aliphatic carbocycles. The Kier molecular flexibility index (Phi) is 4.70. The largest absolute Gasteiger partial charge is 0.387 e. The molecule has 0 aromatic carbocycles. The number of pyridine rings is 1. The van der Waals surface area contributed by atoms with Crippen molar-refractivity contribution in [2.75, 3.05) is 12.4 Å². The number of nitrogens with zero attached hydrogens (tertiary/aromatic N) is 1. The molecule has 1 rings (SSSR count). The van der Waals surface area contributed by atoms with Gasteiger partial charge in [0.25, 0.3) is 0 Å². The summed E-state index contributed by atoms with van der Waals surface area (Å²) in [4.78, 5) is 4.05. The van der Waals surface area contributed by atoms with Crippen LogP contribution in [0.25, 0.3) is 0 Å². The van der Waals surface area contributed by atoms with E-state index in [0.29, 0.717) is 5.69 Å². The summed E-state index contributed by atoms with van der Waals surface area (Å²) in [6, 6.07) is 1.64. The fourth-order valence-corrected chi connectivity index (χ4v) is 3.49. The van der Waals surface area contributed by atoms with E-state index in [1.807, 2.05) is 20.8 Å². The number of rotatable bonds is 6. The number of aromatic nitrogens is 1. The van der Waals surface area contributed by atoms with Gasteiger partial charge < -0.3 is 5.32 Å². The summed E-state index contributed by atoms with van der Waals surface area (Å²) < 4.78 is 27.3. The smallest absolute Gasteiger partial charge is 0.244 e. The molecule has 0 atom stereocenters. The highest BCUT2D eigenvalue weighted by atomic mass is 32.2. The standard InChI is InChI=1S/C12H21N3O2S/c1-5-7-12(2,3)15-18(16,17)11-9-14-8-6-10(11)13-4/h6,8-9,15H,5,7H2,1-4H3,(H,13,14).